The molecule has 0 aliphatic carbocycles. The van der Waals surface area contributed by atoms with Crippen molar-refractivity contribution in [2.75, 3.05) is 25.9 Å². The minimum absolute atomic E-state index is 0.00300. The number of nitrogens with two attached hydrogens (primary N) is 1. The third-order valence-electron chi connectivity index (χ3n) is 3.55. The van der Waals surface area contributed by atoms with Gasteiger partial charge in [0, 0.05) is 25.8 Å². The van der Waals surface area contributed by atoms with E-state index in [0.717, 1.165) is 18.9 Å². The zero-order valence-corrected chi connectivity index (χ0v) is 11.4. The molecule has 0 saturated carbocycles. The monoisotopic (exact) mass is 279 g/mol. The van der Waals surface area contributed by atoms with Crippen molar-refractivity contribution in [2.45, 2.75) is 12.8 Å². The largest absolute Gasteiger partial charge is 0.399 e. The zero-order chi connectivity index (χ0) is 14.7. The molecule has 1 aromatic carbocycles. The summed E-state index contributed by atoms with van der Waals surface area (Å²) >= 11 is 0. The predicted molar refractivity (Wildman–Crippen MR) is 73.5 cm³/mol. The van der Waals surface area contributed by atoms with Crippen molar-refractivity contribution >= 4 is 17.5 Å². The maximum absolute atomic E-state index is 13.8. The van der Waals surface area contributed by atoms with E-state index in [1.54, 1.807) is 7.05 Å². The Hall–Kier alpha value is -2.11. The normalized spacial score (nSPS) is 18.7. The van der Waals surface area contributed by atoms with Crippen LogP contribution < -0.4 is 11.1 Å². The van der Waals surface area contributed by atoms with Crippen molar-refractivity contribution in [3.05, 3.63) is 29.6 Å². The number of nitrogen functional groups attached to an aromatic ring is 1. The number of nitrogens with one attached hydrogen (secondary N) is 1. The van der Waals surface area contributed by atoms with E-state index < -0.39 is 11.7 Å². The van der Waals surface area contributed by atoms with E-state index >= 15 is 0 Å². The number of hydrogen-bond donors (Lipinski definition) is 2. The highest BCUT2D eigenvalue weighted by molar-refractivity contribution is 5.95. The van der Waals surface area contributed by atoms with Crippen LogP contribution in [0.2, 0.25) is 0 Å². The Labute approximate surface area is 116 Å². The van der Waals surface area contributed by atoms with Crippen molar-refractivity contribution in [1.29, 1.82) is 0 Å². The highest BCUT2D eigenvalue weighted by atomic mass is 19.1. The molecule has 108 valence electrons. The number of anilines is 1. The Morgan fingerprint density at radius 3 is 2.85 bits per heavy atom. The standard InChI is InChI=1S/C14H18FN3O2/c1-17-13(19)9-3-2-6-18(8-9)14(20)11-5-4-10(16)7-12(11)15/h4-5,7,9H,2-3,6,8,16H2,1H3,(H,17,19). The summed E-state index contributed by atoms with van der Waals surface area (Å²) in [7, 11) is 1.57. The predicted octanol–water partition coefficient (Wildman–Crippen LogP) is 1.01. The number of halogens is 1. The third kappa shape index (κ3) is 2.89. The quantitative estimate of drug-likeness (QED) is 0.793. The number of rotatable bonds is 2. The number of carbonyl (C=O) groups excluding carboxylic acids is 2. The second-order valence-electron chi connectivity index (χ2n) is 4.94. The number of likely N-dealkylation sites (tertiary alicyclic amines) is 1. The highest BCUT2D eigenvalue weighted by Crippen LogP contribution is 2.20. The number of piperidine rings is 1. The van der Waals surface area contributed by atoms with Crippen LogP contribution in [0.25, 0.3) is 0 Å². The molecule has 5 nitrogen and oxygen atoms in total. The zero-order valence-electron chi connectivity index (χ0n) is 11.4. The first kappa shape index (κ1) is 14.3. The number of benzene rings is 1. The molecule has 0 spiro atoms. The van der Waals surface area contributed by atoms with Gasteiger partial charge in [-0.2, -0.15) is 0 Å². The van der Waals surface area contributed by atoms with E-state index in [0.29, 0.717) is 13.1 Å². The van der Waals surface area contributed by atoms with Crippen molar-refractivity contribution in [3.8, 4) is 0 Å². The lowest BCUT2D eigenvalue weighted by atomic mass is 9.96. The SMILES string of the molecule is CNC(=O)C1CCCN(C(=O)c2ccc(N)cc2F)C1. The van der Waals surface area contributed by atoms with Gasteiger partial charge in [-0.05, 0) is 31.0 Å². The van der Waals surface area contributed by atoms with Crippen LogP contribution in [0.15, 0.2) is 18.2 Å². The molecule has 2 amide bonds. The average molecular weight is 279 g/mol. The summed E-state index contributed by atoms with van der Waals surface area (Å²) in [5.74, 6) is -1.33. The minimum atomic E-state index is -0.628. The fourth-order valence-corrected chi connectivity index (χ4v) is 2.45. The van der Waals surface area contributed by atoms with Crippen LogP contribution in [0.4, 0.5) is 10.1 Å². The van der Waals surface area contributed by atoms with Gasteiger partial charge in [-0.3, -0.25) is 9.59 Å². The second-order valence-corrected chi connectivity index (χ2v) is 4.94. The summed E-state index contributed by atoms with van der Waals surface area (Å²) in [6, 6.07) is 4.01. The Balaban J connectivity index is 2.14. The molecular formula is C14H18FN3O2. The molecule has 1 unspecified atom stereocenters. The molecule has 1 aliphatic rings. The van der Waals surface area contributed by atoms with Gasteiger partial charge in [0.2, 0.25) is 5.91 Å². The highest BCUT2D eigenvalue weighted by Gasteiger charge is 2.29. The molecule has 0 bridgehead atoms. The van der Waals surface area contributed by atoms with E-state index in [-0.39, 0.29) is 23.1 Å². The fourth-order valence-electron chi connectivity index (χ4n) is 2.45. The molecule has 20 heavy (non-hydrogen) atoms. The van der Waals surface area contributed by atoms with Crippen LogP contribution in [-0.4, -0.2) is 36.9 Å². The summed E-state index contributed by atoms with van der Waals surface area (Å²) < 4.78 is 13.8. The van der Waals surface area contributed by atoms with Gasteiger partial charge in [0.15, 0.2) is 0 Å². The number of amides is 2. The smallest absolute Gasteiger partial charge is 0.256 e. The minimum Gasteiger partial charge on any atom is -0.399 e. The number of hydrogen-bond acceptors (Lipinski definition) is 3. The van der Waals surface area contributed by atoms with Crippen molar-refractivity contribution < 1.29 is 14.0 Å². The first-order valence-corrected chi connectivity index (χ1v) is 6.59. The van der Waals surface area contributed by atoms with E-state index in [4.69, 9.17) is 5.73 Å². The molecular weight excluding hydrogens is 261 g/mol. The Morgan fingerprint density at radius 2 is 2.20 bits per heavy atom. The van der Waals surface area contributed by atoms with Crippen LogP contribution in [0.5, 0.6) is 0 Å². The Kier molecular flexibility index (Phi) is 4.22. The Bertz CT molecular complexity index is 533. The number of carbonyl (C=O) groups is 2. The third-order valence-corrected chi connectivity index (χ3v) is 3.55. The van der Waals surface area contributed by atoms with Gasteiger partial charge in [0.1, 0.15) is 5.82 Å². The molecule has 1 fully saturated rings. The van der Waals surface area contributed by atoms with E-state index in [9.17, 15) is 14.0 Å². The summed E-state index contributed by atoms with van der Waals surface area (Å²) in [4.78, 5) is 25.5. The molecule has 1 aromatic rings. The van der Waals surface area contributed by atoms with Gasteiger partial charge in [0.25, 0.3) is 5.91 Å². The molecule has 1 aliphatic heterocycles. The molecule has 0 radical (unpaired) electrons. The molecule has 2 rings (SSSR count). The van der Waals surface area contributed by atoms with Gasteiger partial charge >= 0.3 is 0 Å². The summed E-state index contributed by atoms with van der Waals surface area (Å²) in [5, 5.41) is 2.59. The van der Waals surface area contributed by atoms with Gasteiger partial charge < -0.3 is 16.0 Å². The lowest BCUT2D eigenvalue weighted by Crippen LogP contribution is -2.45. The maximum Gasteiger partial charge on any atom is 0.256 e. The van der Waals surface area contributed by atoms with Crippen molar-refractivity contribution in [2.24, 2.45) is 5.92 Å². The van der Waals surface area contributed by atoms with Crippen molar-refractivity contribution in [1.82, 2.24) is 10.2 Å². The van der Waals surface area contributed by atoms with Crippen LogP contribution >= 0.6 is 0 Å². The Morgan fingerprint density at radius 1 is 1.45 bits per heavy atom. The van der Waals surface area contributed by atoms with Gasteiger partial charge in [-0.25, -0.2) is 4.39 Å². The topological polar surface area (TPSA) is 75.4 Å². The first-order chi connectivity index (χ1) is 9.52. The van der Waals surface area contributed by atoms with Gasteiger partial charge in [-0.15, -0.1) is 0 Å². The molecule has 6 heteroatoms. The lowest BCUT2D eigenvalue weighted by Gasteiger charge is -2.32. The second kappa shape index (κ2) is 5.90. The molecule has 0 aromatic heterocycles. The lowest BCUT2D eigenvalue weighted by molar-refractivity contribution is -0.125. The van der Waals surface area contributed by atoms with Crippen LogP contribution in [0.3, 0.4) is 0 Å². The average Bonchev–Trinajstić information content (AvgIpc) is 2.46. The van der Waals surface area contributed by atoms with Gasteiger partial charge in [0.05, 0.1) is 11.5 Å². The van der Waals surface area contributed by atoms with E-state index in [1.165, 1.54) is 17.0 Å². The summed E-state index contributed by atoms with van der Waals surface area (Å²) in [6.07, 6.45) is 1.48. The molecule has 1 heterocycles. The van der Waals surface area contributed by atoms with Crippen LogP contribution in [0, 0.1) is 11.7 Å². The van der Waals surface area contributed by atoms with Crippen molar-refractivity contribution in [3.63, 3.8) is 0 Å². The summed E-state index contributed by atoms with van der Waals surface area (Å²) in [6.45, 7) is 0.860. The maximum atomic E-state index is 13.8. The van der Waals surface area contributed by atoms with E-state index in [1.807, 2.05) is 0 Å². The summed E-state index contributed by atoms with van der Waals surface area (Å²) in [5.41, 5.74) is 5.74. The number of nitrogens with zero attached hydrogens (tertiary/aromatic N) is 1. The van der Waals surface area contributed by atoms with Crippen LogP contribution in [0.1, 0.15) is 23.2 Å². The first-order valence-electron chi connectivity index (χ1n) is 6.59. The van der Waals surface area contributed by atoms with Crippen LogP contribution in [-0.2, 0) is 4.79 Å². The van der Waals surface area contributed by atoms with E-state index in [2.05, 4.69) is 5.32 Å². The fraction of sp³-hybridized carbons (Fsp3) is 0.429. The molecule has 1 saturated heterocycles. The van der Waals surface area contributed by atoms with Gasteiger partial charge in [-0.1, -0.05) is 0 Å². The molecule has 1 atom stereocenters. The molecule has 3 N–H and O–H groups in total.